The molecule has 0 aliphatic heterocycles. The third-order valence-corrected chi connectivity index (χ3v) is 4.29. The number of para-hydroxylation sites is 2. The lowest BCUT2D eigenvalue weighted by molar-refractivity contribution is -0.143. The number of carbonyl (C=O) groups is 2. The molecule has 1 N–H and O–H groups in total. The van der Waals surface area contributed by atoms with Crippen molar-refractivity contribution in [2.24, 2.45) is 0 Å². The van der Waals surface area contributed by atoms with E-state index in [1.165, 1.54) is 0 Å². The number of nitrogens with one attached hydrogen (secondary N) is 1. The van der Waals surface area contributed by atoms with E-state index in [1.807, 2.05) is 28.8 Å². The van der Waals surface area contributed by atoms with Crippen LogP contribution in [0.2, 0.25) is 0 Å². The van der Waals surface area contributed by atoms with Crippen molar-refractivity contribution in [3.8, 4) is 5.75 Å². The highest BCUT2D eigenvalue weighted by atomic mass is 16.5. The highest BCUT2D eigenvalue weighted by Crippen LogP contribution is 2.17. The molecule has 7 heteroatoms. The number of hydrogen-bond acceptors (Lipinski definition) is 5. The first-order valence-corrected chi connectivity index (χ1v) is 9.14. The number of rotatable bonds is 8. The SMILES string of the molecule is CCOC(=O)Cn1c(CCNC(=O)c2cccc(OC)c2)nc2ccccc21. The molecule has 1 aromatic heterocycles. The number of aromatic nitrogens is 2. The molecule has 0 aliphatic rings. The number of nitrogens with zero attached hydrogens (tertiary/aromatic N) is 2. The molecule has 0 spiro atoms. The van der Waals surface area contributed by atoms with Gasteiger partial charge in [0.1, 0.15) is 18.1 Å². The zero-order valence-electron chi connectivity index (χ0n) is 16.0. The van der Waals surface area contributed by atoms with Crippen molar-refractivity contribution >= 4 is 22.9 Å². The summed E-state index contributed by atoms with van der Waals surface area (Å²) < 4.78 is 12.1. The van der Waals surface area contributed by atoms with Crippen LogP contribution < -0.4 is 10.1 Å². The third kappa shape index (κ3) is 4.49. The normalized spacial score (nSPS) is 10.6. The van der Waals surface area contributed by atoms with E-state index < -0.39 is 0 Å². The Labute approximate surface area is 163 Å². The second-order valence-electron chi connectivity index (χ2n) is 6.15. The van der Waals surface area contributed by atoms with Crippen LogP contribution in [0.5, 0.6) is 5.75 Å². The molecule has 0 unspecified atom stereocenters. The first-order chi connectivity index (χ1) is 13.6. The number of esters is 1. The van der Waals surface area contributed by atoms with Gasteiger partial charge in [0, 0.05) is 18.5 Å². The molecule has 2 aromatic carbocycles. The van der Waals surface area contributed by atoms with Crippen molar-refractivity contribution in [1.29, 1.82) is 0 Å². The van der Waals surface area contributed by atoms with Crippen LogP contribution in [0, 0.1) is 0 Å². The van der Waals surface area contributed by atoms with Gasteiger partial charge in [-0.15, -0.1) is 0 Å². The minimum absolute atomic E-state index is 0.0908. The van der Waals surface area contributed by atoms with Gasteiger partial charge in [-0.3, -0.25) is 9.59 Å². The first-order valence-electron chi connectivity index (χ1n) is 9.14. The molecular weight excluding hydrogens is 358 g/mol. The van der Waals surface area contributed by atoms with Crippen LogP contribution in [0.3, 0.4) is 0 Å². The number of ether oxygens (including phenoxy) is 2. The molecule has 146 valence electrons. The van der Waals surface area contributed by atoms with Crippen LogP contribution in [0.4, 0.5) is 0 Å². The molecule has 28 heavy (non-hydrogen) atoms. The molecule has 0 radical (unpaired) electrons. The van der Waals surface area contributed by atoms with Crippen molar-refractivity contribution in [2.75, 3.05) is 20.3 Å². The number of fused-ring (bicyclic) bond motifs is 1. The van der Waals surface area contributed by atoms with E-state index in [1.54, 1.807) is 38.3 Å². The van der Waals surface area contributed by atoms with E-state index in [9.17, 15) is 9.59 Å². The molecule has 0 aliphatic carbocycles. The summed E-state index contributed by atoms with van der Waals surface area (Å²) in [5.41, 5.74) is 2.20. The maximum Gasteiger partial charge on any atom is 0.326 e. The molecule has 7 nitrogen and oxygen atoms in total. The first kappa shape index (κ1) is 19.4. The smallest absolute Gasteiger partial charge is 0.326 e. The molecule has 3 rings (SSSR count). The summed E-state index contributed by atoms with van der Waals surface area (Å²) in [6.45, 7) is 2.59. The molecule has 3 aromatic rings. The van der Waals surface area contributed by atoms with Crippen LogP contribution in [-0.4, -0.2) is 41.7 Å². The minimum atomic E-state index is -0.313. The van der Waals surface area contributed by atoms with E-state index in [0.717, 1.165) is 16.9 Å². The molecule has 1 amide bonds. The highest BCUT2D eigenvalue weighted by Gasteiger charge is 2.14. The second kappa shape index (κ2) is 9.03. The third-order valence-electron chi connectivity index (χ3n) is 4.29. The molecule has 0 saturated heterocycles. The zero-order valence-corrected chi connectivity index (χ0v) is 16.0. The number of benzene rings is 2. The van der Waals surface area contributed by atoms with E-state index >= 15 is 0 Å². The molecule has 0 bridgehead atoms. The van der Waals surface area contributed by atoms with Gasteiger partial charge in [0.15, 0.2) is 0 Å². The second-order valence-corrected chi connectivity index (χ2v) is 6.15. The number of hydrogen-bond donors (Lipinski definition) is 1. The molecule has 0 atom stereocenters. The van der Waals surface area contributed by atoms with Crippen molar-refractivity contribution in [1.82, 2.24) is 14.9 Å². The summed E-state index contributed by atoms with van der Waals surface area (Å²) in [6, 6.07) is 14.6. The quantitative estimate of drug-likeness (QED) is 0.607. The fourth-order valence-corrected chi connectivity index (χ4v) is 2.98. The van der Waals surface area contributed by atoms with Gasteiger partial charge < -0.3 is 19.4 Å². The predicted octanol–water partition coefficient (Wildman–Crippen LogP) is 2.58. The Morgan fingerprint density at radius 3 is 2.75 bits per heavy atom. The van der Waals surface area contributed by atoms with Crippen LogP contribution in [0.15, 0.2) is 48.5 Å². The maximum atomic E-state index is 12.4. The van der Waals surface area contributed by atoms with E-state index in [4.69, 9.17) is 9.47 Å². The lowest BCUT2D eigenvalue weighted by Crippen LogP contribution is -2.27. The average molecular weight is 381 g/mol. The zero-order chi connectivity index (χ0) is 19.9. The van der Waals surface area contributed by atoms with Crippen molar-refractivity contribution in [3.63, 3.8) is 0 Å². The molecular formula is C21H23N3O4. The molecule has 0 fully saturated rings. The van der Waals surface area contributed by atoms with Gasteiger partial charge >= 0.3 is 5.97 Å². The van der Waals surface area contributed by atoms with Gasteiger partial charge in [0.25, 0.3) is 5.91 Å². The van der Waals surface area contributed by atoms with Crippen LogP contribution in [-0.2, 0) is 22.5 Å². The van der Waals surface area contributed by atoms with Gasteiger partial charge in [-0.05, 0) is 37.3 Å². The number of amides is 1. The summed E-state index contributed by atoms with van der Waals surface area (Å²) in [4.78, 5) is 28.9. The largest absolute Gasteiger partial charge is 0.497 e. The topological polar surface area (TPSA) is 82.5 Å². The van der Waals surface area contributed by atoms with Crippen LogP contribution >= 0.6 is 0 Å². The van der Waals surface area contributed by atoms with Gasteiger partial charge in [-0.1, -0.05) is 18.2 Å². The maximum absolute atomic E-state index is 12.4. The Hall–Kier alpha value is -3.35. The highest BCUT2D eigenvalue weighted by molar-refractivity contribution is 5.94. The summed E-state index contributed by atoms with van der Waals surface area (Å²) in [7, 11) is 1.56. The lowest BCUT2D eigenvalue weighted by Gasteiger charge is -2.10. The summed E-state index contributed by atoms with van der Waals surface area (Å²) >= 11 is 0. The standard InChI is InChI=1S/C21H23N3O4/c1-3-28-20(25)14-24-18-10-5-4-9-17(18)23-19(24)11-12-22-21(26)15-7-6-8-16(13-15)27-2/h4-10,13H,3,11-12,14H2,1-2H3,(H,22,26). The van der Waals surface area contributed by atoms with Gasteiger partial charge in [-0.2, -0.15) is 0 Å². The van der Waals surface area contributed by atoms with E-state index in [2.05, 4.69) is 10.3 Å². The Bertz CT molecular complexity index is 981. The van der Waals surface area contributed by atoms with Crippen LogP contribution in [0.1, 0.15) is 23.1 Å². The van der Waals surface area contributed by atoms with Crippen molar-refractivity contribution < 1.29 is 19.1 Å². The van der Waals surface area contributed by atoms with Gasteiger partial charge in [0.05, 0.1) is 24.8 Å². The fourth-order valence-electron chi connectivity index (χ4n) is 2.98. The Morgan fingerprint density at radius 2 is 1.96 bits per heavy atom. The summed E-state index contributed by atoms with van der Waals surface area (Å²) in [6.07, 6.45) is 0.490. The fraction of sp³-hybridized carbons (Fsp3) is 0.286. The van der Waals surface area contributed by atoms with Gasteiger partial charge in [-0.25, -0.2) is 4.98 Å². The Kier molecular flexibility index (Phi) is 6.26. The molecule has 0 saturated carbocycles. The summed E-state index contributed by atoms with van der Waals surface area (Å²) in [5, 5.41) is 2.88. The van der Waals surface area contributed by atoms with Gasteiger partial charge in [0.2, 0.25) is 0 Å². The van der Waals surface area contributed by atoms with Crippen molar-refractivity contribution in [3.05, 3.63) is 59.9 Å². The lowest BCUT2D eigenvalue weighted by atomic mass is 10.2. The monoisotopic (exact) mass is 381 g/mol. The Balaban J connectivity index is 1.71. The summed E-state index contributed by atoms with van der Waals surface area (Å²) in [5.74, 6) is 0.850. The Morgan fingerprint density at radius 1 is 1.14 bits per heavy atom. The molecule has 1 heterocycles. The number of carbonyl (C=O) groups excluding carboxylic acids is 2. The average Bonchev–Trinajstić information content (AvgIpc) is 3.05. The minimum Gasteiger partial charge on any atom is -0.497 e. The number of imidazole rings is 1. The van der Waals surface area contributed by atoms with E-state index in [0.29, 0.717) is 30.9 Å². The van der Waals surface area contributed by atoms with Crippen LogP contribution in [0.25, 0.3) is 11.0 Å². The van der Waals surface area contributed by atoms with E-state index in [-0.39, 0.29) is 18.4 Å². The van der Waals surface area contributed by atoms with Crippen molar-refractivity contribution in [2.45, 2.75) is 19.9 Å². The number of methoxy groups -OCH3 is 1. The predicted molar refractivity (Wildman–Crippen MR) is 105 cm³/mol.